The van der Waals surface area contributed by atoms with Crippen molar-refractivity contribution in [2.75, 3.05) is 6.54 Å². The Labute approximate surface area is 317 Å². The number of benzene rings is 1. The highest BCUT2D eigenvalue weighted by molar-refractivity contribution is 7.91. The van der Waals surface area contributed by atoms with Crippen molar-refractivity contribution in [2.24, 2.45) is 5.92 Å². The summed E-state index contributed by atoms with van der Waals surface area (Å²) in [5.74, 6) is -3.01. The lowest BCUT2D eigenvalue weighted by Gasteiger charge is -2.30. The second-order valence-corrected chi connectivity index (χ2v) is 18.4. The van der Waals surface area contributed by atoms with Gasteiger partial charge in [-0.25, -0.2) is 18.2 Å². The highest BCUT2D eigenvalue weighted by atomic mass is 35.5. The first kappa shape index (κ1) is 38.7. The number of halogens is 1. The molecule has 17 heteroatoms. The fraction of sp³-hybridized carbons (Fsp3) is 0.556. The number of hydrogen-bond donors (Lipinski definition) is 4. The van der Waals surface area contributed by atoms with Crippen molar-refractivity contribution in [1.29, 1.82) is 0 Å². The van der Waals surface area contributed by atoms with E-state index in [2.05, 4.69) is 25.7 Å². The maximum Gasteiger partial charge on any atom is 0.408 e. The number of fused-ring (bicyclic) bond motifs is 2. The molecule has 0 radical (unpaired) electrons. The van der Waals surface area contributed by atoms with Gasteiger partial charge in [0.25, 0.3) is 11.8 Å². The summed E-state index contributed by atoms with van der Waals surface area (Å²) in [7, 11) is -3.91. The SMILES string of the molecule is CC(C)(C)OC(=O)N[C@H]1CCCCC/C=C\[C@H]2C[C@@]2(C(=O)NS(=O)(=O)C2CC2)NC(=O)[C@@H]2C[C@@H](NC(=O)c3csc(-c4ccccc4Cl)n3)CN2C1=O. The molecule has 2 aliphatic carbocycles. The molecule has 2 aromatic rings. The van der Waals surface area contributed by atoms with Crippen LogP contribution in [-0.2, 0) is 29.1 Å². The minimum absolute atomic E-state index is 0.0114. The molecule has 2 saturated carbocycles. The Morgan fingerprint density at radius 1 is 1.08 bits per heavy atom. The Hall–Kier alpha value is -4.02. The van der Waals surface area contributed by atoms with Crippen LogP contribution >= 0.6 is 22.9 Å². The van der Waals surface area contributed by atoms with Crippen LogP contribution in [0.15, 0.2) is 41.8 Å². The van der Waals surface area contributed by atoms with Gasteiger partial charge in [-0.1, -0.05) is 54.8 Å². The van der Waals surface area contributed by atoms with Gasteiger partial charge in [-0.3, -0.25) is 23.9 Å². The topological polar surface area (TPSA) is 193 Å². The Balaban J connectivity index is 1.26. The lowest BCUT2D eigenvalue weighted by atomic mass is 10.0. The van der Waals surface area contributed by atoms with Crippen LogP contribution in [0.4, 0.5) is 4.79 Å². The van der Waals surface area contributed by atoms with Crippen molar-refractivity contribution < 1.29 is 37.1 Å². The van der Waals surface area contributed by atoms with Gasteiger partial charge >= 0.3 is 6.09 Å². The van der Waals surface area contributed by atoms with Gasteiger partial charge < -0.3 is 25.6 Å². The number of amides is 5. The summed E-state index contributed by atoms with van der Waals surface area (Å²) in [4.78, 5) is 74.4. The number of thiazole rings is 1. The quantitative estimate of drug-likeness (QED) is 0.300. The van der Waals surface area contributed by atoms with Crippen LogP contribution in [0.2, 0.25) is 5.02 Å². The first-order chi connectivity index (χ1) is 25.1. The number of nitrogens with zero attached hydrogens (tertiary/aromatic N) is 2. The summed E-state index contributed by atoms with van der Waals surface area (Å²) in [5.41, 5.74) is -1.55. The van der Waals surface area contributed by atoms with E-state index in [0.717, 1.165) is 12.8 Å². The van der Waals surface area contributed by atoms with E-state index in [0.29, 0.717) is 41.3 Å². The van der Waals surface area contributed by atoms with E-state index >= 15 is 0 Å². The summed E-state index contributed by atoms with van der Waals surface area (Å²) in [6.07, 6.45) is 7.12. The van der Waals surface area contributed by atoms with Gasteiger partial charge in [0.1, 0.15) is 33.9 Å². The molecule has 3 fully saturated rings. The van der Waals surface area contributed by atoms with E-state index in [4.69, 9.17) is 16.3 Å². The maximum absolute atomic E-state index is 14.3. The zero-order valence-corrected chi connectivity index (χ0v) is 32.2. The molecule has 286 valence electrons. The molecule has 0 bridgehead atoms. The first-order valence-corrected chi connectivity index (χ1v) is 20.7. The van der Waals surface area contributed by atoms with Crippen molar-refractivity contribution in [3.8, 4) is 10.6 Å². The molecule has 4 aliphatic rings. The van der Waals surface area contributed by atoms with E-state index in [1.807, 2.05) is 18.2 Å². The second-order valence-electron chi connectivity index (χ2n) is 15.1. The van der Waals surface area contributed by atoms with E-state index in [1.54, 1.807) is 44.4 Å². The number of hydrogen-bond acceptors (Lipinski definition) is 10. The van der Waals surface area contributed by atoms with Gasteiger partial charge in [-0.2, -0.15) is 0 Å². The Morgan fingerprint density at radius 3 is 2.55 bits per heavy atom. The monoisotopic (exact) mass is 788 g/mol. The first-order valence-electron chi connectivity index (χ1n) is 17.9. The lowest BCUT2D eigenvalue weighted by molar-refractivity contribution is -0.141. The molecule has 3 heterocycles. The largest absolute Gasteiger partial charge is 0.444 e. The number of nitrogens with one attached hydrogen (secondary N) is 4. The zero-order chi connectivity index (χ0) is 38.1. The highest BCUT2D eigenvalue weighted by Crippen LogP contribution is 2.46. The maximum atomic E-state index is 14.3. The summed E-state index contributed by atoms with van der Waals surface area (Å²) < 4.78 is 33.2. The molecule has 1 aromatic carbocycles. The number of ether oxygens (including phenoxy) is 1. The summed E-state index contributed by atoms with van der Waals surface area (Å²) >= 11 is 7.59. The van der Waals surface area contributed by atoms with E-state index in [-0.39, 0.29) is 31.5 Å². The molecule has 0 unspecified atom stereocenters. The predicted molar refractivity (Wildman–Crippen MR) is 198 cm³/mol. The number of carbonyl (C=O) groups is 5. The molecule has 5 amide bonds. The molecule has 14 nitrogen and oxygen atoms in total. The number of allylic oxidation sites excluding steroid dienone is 1. The normalized spacial score (nSPS) is 27.2. The van der Waals surface area contributed by atoms with E-state index in [9.17, 15) is 32.4 Å². The fourth-order valence-corrected chi connectivity index (χ4v) is 9.23. The van der Waals surface area contributed by atoms with Crippen LogP contribution in [0, 0.1) is 5.92 Å². The Bertz CT molecular complexity index is 1910. The molecule has 1 saturated heterocycles. The third-order valence-electron chi connectivity index (χ3n) is 9.75. The Morgan fingerprint density at radius 2 is 1.83 bits per heavy atom. The highest BCUT2D eigenvalue weighted by Gasteiger charge is 2.62. The molecule has 4 N–H and O–H groups in total. The van der Waals surface area contributed by atoms with Crippen LogP contribution in [0.5, 0.6) is 0 Å². The lowest BCUT2D eigenvalue weighted by Crippen LogP contribution is -2.58. The molecule has 5 atom stereocenters. The van der Waals surface area contributed by atoms with Gasteiger partial charge in [0.15, 0.2) is 0 Å². The molecule has 6 rings (SSSR count). The van der Waals surface area contributed by atoms with Crippen LogP contribution in [0.3, 0.4) is 0 Å². The van der Waals surface area contributed by atoms with E-state index in [1.165, 1.54) is 16.2 Å². The second kappa shape index (κ2) is 15.4. The third kappa shape index (κ3) is 9.20. The van der Waals surface area contributed by atoms with Gasteiger partial charge in [0.2, 0.25) is 21.8 Å². The van der Waals surface area contributed by atoms with Gasteiger partial charge in [0, 0.05) is 29.4 Å². The minimum atomic E-state index is -3.91. The number of alkyl carbamates (subject to hydrolysis) is 1. The number of rotatable bonds is 7. The van der Waals surface area contributed by atoms with Crippen molar-refractivity contribution in [3.63, 3.8) is 0 Å². The summed E-state index contributed by atoms with van der Waals surface area (Å²) in [6, 6.07) is 4.22. The predicted octanol–water partition coefficient (Wildman–Crippen LogP) is 4.06. The van der Waals surface area contributed by atoms with Crippen LogP contribution in [0.1, 0.15) is 89.0 Å². The number of sulfonamides is 1. The average Bonchev–Trinajstić information content (AvgIpc) is 3.96. The zero-order valence-electron chi connectivity index (χ0n) is 29.9. The van der Waals surface area contributed by atoms with Gasteiger partial charge in [-0.15, -0.1) is 11.3 Å². The van der Waals surface area contributed by atoms with Crippen molar-refractivity contribution in [2.45, 2.75) is 113 Å². The molecule has 0 spiro atoms. The fourth-order valence-electron chi connectivity index (χ4n) is 6.75. The van der Waals surface area contributed by atoms with E-state index < -0.39 is 80.2 Å². The molecular weight excluding hydrogens is 744 g/mol. The standard InChI is InChI=1S/C36H45ClN6O8S2/c1-35(2,3)51-34(48)40-26-14-8-6-4-5-7-11-21-18-36(21,33(47)42-53(49,50)23-15-16-23)41-30(45)28-17-22(19-43(28)32(26)46)38-29(44)27-20-52-31(39-27)24-12-9-10-13-25(24)37/h7,9-13,20-23,26,28H,4-6,8,14-19H2,1-3H3,(H,38,44)(H,40,48)(H,41,45)(H,42,47)/b11-7-/t21-,22+,26-,28-,36+/m0/s1. The van der Waals surface area contributed by atoms with Crippen molar-refractivity contribution in [3.05, 3.63) is 52.5 Å². The smallest absolute Gasteiger partial charge is 0.408 e. The summed E-state index contributed by atoms with van der Waals surface area (Å²) in [5, 5.41) is 10.4. The molecule has 53 heavy (non-hydrogen) atoms. The molecule has 2 aliphatic heterocycles. The minimum Gasteiger partial charge on any atom is -0.444 e. The van der Waals surface area contributed by atoms with Gasteiger partial charge in [0.05, 0.1) is 10.3 Å². The van der Waals surface area contributed by atoms with Gasteiger partial charge in [-0.05, 0) is 71.8 Å². The van der Waals surface area contributed by atoms with Crippen LogP contribution in [0.25, 0.3) is 10.6 Å². The number of aromatic nitrogens is 1. The molecule has 1 aromatic heterocycles. The van der Waals surface area contributed by atoms with Crippen LogP contribution in [-0.4, -0.2) is 89.1 Å². The summed E-state index contributed by atoms with van der Waals surface area (Å²) in [6.45, 7) is 5.05. The Kier molecular flexibility index (Phi) is 11.2. The van der Waals surface area contributed by atoms with Crippen LogP contribution < -0.4 is 20.7 Å². The molecular formula is C36H45ClN6O8S2. The third-order valence-corrected chi connectivity index (χ3v) is 12.8. The average molecular weight is 789 g/mol. The van der Waals surface area contributed by atoms with Crippen molar-refractivity contribution >= 4 is 62.7 Å². The van der Waals surface area contributed by atoms with Crippen molar-refractivity contribution in [1.82, 2.24) is 30.6 Å². The number of carbonyl (C=O) groups excluding carboxylic acids is 5.